The van der Waals surface area contributed by atoms with E-state index in [1.54, 1.807) is 6.07 Å². The number of nitrogens with one attached hydrogen (secondary N) is 1. The molecule has 0 aliphatic heterocycles. The van der Waals surface area contributed by atoms with Crippen molar-refractivity contribution in [2.24, 2.45) is 0 Å². The van der Waals surface area contributed by atoms with E-state index in [9.17, 15) is 4.79 Å². The molecule has 3 nitrogen and oxygen atoms in total. The van der Waals surface area contributed by atoms with Gasteiger partial charge in [0.15, 0.2) is 0 Å². The predicted octanol–water partition coefficient (Wildman–Crippen LogP) is 4.11. The molecule has 0 radical (unpaired) electrons. The number of amides is 1. The molecule has 0 bridgehead atoms. The maximum Gasteiger partial charge on any atom is 0.241 e. The molecule has 1 amide bonds. The fourth-order valence-electron chi connectivity index (χ4n) is 2.17. The third-order valence-corrected chi connectivity index (χ3v) is 4.01. The highest BCUT2D eigenvalue weighted by Gasteiger charge is 2.18. The number of hydrogen-bond acceptors (Lipinski definition) is 2. The third-order valence-electron chi connectivity index (χ3n) is 3.77. The molecule has 0 aliphatic rings. The van der Waals surface area contributed by atoms with Crippen LogP contribution >= 0.6 is 11.6 Å². The van der Waals surface area contributed by atoms with Crippen LogP contribution in [0.3, 0.4) is 0 Å². The molecular weight excluding hydrogens is 296 g/mol. The highest BCUT2D eigenvalue weighted by molar-refractivity contribution is 6.31. The van der Waals surface area contributed by atoms with E-state index in [0.29, 0.717) is 5.02 Å². The molecule has 0 fully saturated rings. The van der Waals surface area contributed by atoms with Gasteiger partial charge in [-0.2, -0.15) is 0 Å². The van der Waals surface area contributed by atoms with Gasteiger partial charge in [0.1, 0.15) is 0 Å². The van der Waals surface area contributed by atoms with Crippen LogP contribution in [-0.4, -0.2) is 23.9 Å². The van der Waals surface area contributed by atoms with Gasteiger partial charge in [0.2, 0.25) is 5.91 Å². The van der Waals surface area contributed by atoms with Gasteiger partial charge in [-0.05, 0) is 44.2 Å². The van der Waals surface area contributed by atoms with Crippen molar-refractivity contribution in [2.45, 2.75) is 26.4 Å². The fraction of sp³-hybridized carbons (Fsp3) is 0.278. The van der Waals surface area contributed by atoms with Gasteiger partial charge in [-0.1, -0.05) is 48.0 Å². The zero-order valence-electron chi connectivity index (χ0n) is 13.1. The Kier molecular flexibility index (Phi) is 5.58. The minimum atomic E-state index is -0.237. The molecule has 0 saturated heterocycles. The SMILES string of the molecule is Cc1ccc(Cl)cc1NC(=O)[C@H](C)N(C)Cc1ccccc1. The van der Waals surface area contributed by atoms with Gasteiger partial charge in [-0.15, -0.1) is 0 Å². The first-order chi connectivity index (χ1) is 10.5. The number of carbonyl (C=O) groups is 1. The Balaban J connectivity index is 2.01. The summed E-state index contributed by atoms with van der Waals surface area (Å²) in [5, 5.41) is 3.57. The van der Waals surface area contributed by atoms with E-state index >= 15 is 0 Å². The van der Waals surface area contributed by atoms with E-state index in [2.05, 4.69) is 17.4 Å². The number of aryl methyl sites for hydroxylation is 1. The molecule has 2 rings (SSSR count). The zero-order chi connectivity index (χ0) is 16.1. The molecule has 0 saturated carbocycles. The molecule has 1 atom stereocenters. The fourth-order valence-corrected chi connectivity index (χ4v) is 2.35. The van der Waals surface area contributed by atoms with E-state index in [1.165, 1.54) is 5.56 Å². The summed E-state index contributed by atoms with van der Waals surface area (Å²) in [5.74, 6) is -0.0382. The Morgan fingerprint density at radius 3 is 2.59 bits per heavy atom. The topological polar surface area (TPSA) is 32.3 Å². The first-order valence-electron chi connectivity index (χ1n) is 7.28. The maximum absolute atomic E-state index is 12.4. The second-order valence-electron chi connectivity index (χ2n) is 5.53. The Labute approximate surface area is 136 Å². The average molecular weight is 317 g/mol. The lowest BCUT2D eigenvalue weighted by atomic mass is 10.1. The van der Waals surface area contributed by atoms with Crippen molar-refractivity contribution in [3.8, 4) is 0 Å². The van der Waals surface area contributed by atoms with Crippen LogP contribution in [0.4, 0.5) is 5.69 Å². The first-order valence-corrected chi connectivity index (χ1v) is 7.66. The number of likely N-dealkylation sites (N-methyl/N-ethyl adjacent to an activating group) is 1. The number of halogens is 1. The quantitative estimate of drug-likeness (QED) is 0.900. The Morgan fingerprint density at radius 2 is 1.91 bits per heavy atom. The Hall–Kier alpha value is -1.84. The number of carbonyl (C=O) groups excluding carboxylic acids is 1. The van der Waals surface area contributed by atoms with Crippen LogP contribution in [0, 0.1) is 6.92 Å². The van der Waals surface area contributed by atoms with Crippen molar-refractivity contribution >= 4 is 23.2 Å². The van der Waals surface area contributed by atoms with Gasteiger partial charge in [0.25, 0.3) is 0 Å². The largest absolute Gasteiger partial charge is 0.324 e. The van der Waals surface area contributed by atoms with Crippen molar-refractivity contribution in [1.29, 1.82) is 0 Å². The van der Waals surface area contributed by atoms with Crippen LogP contribution in [0.15, 0.2) is 48.5 Å². The summed E-state index contributed by atoms with van der Waals surface area (Å²) in [6, 6.07) is 15.4. The van der Waals surface area contributed by atoms with E-state index in [1.807, 2.05) is 56.1 Å². The second-order valence-corrected chi connectivity index (χ2v) is 5.96. The lowest BCUT2D eigenvalue weighted by Crippen LogP contribution is -2.39. The number of hydrogen-bond donors (Lipinski definition) is 1. The van der Waals surface area contributed by atoms with Crippen LogP contribution in [0.5, 0.6) is 0 Å². The Bertz CT molecular complexity index is 643. The van der Waals surface area contributed by atoms with Crippen LogP contribution in [0.25, 0.3) is 0 Å². The van der Waals surface area contributed by atoms with Gasteiger partial charge < -0.3 is 5.32 Å². The maximum atomic E-state index is 12.4. The van der Waals surface area contributed by atoms with Gasteiger partial charge in [0, 0.05) is 17.3 Å². The van der Waals surface area contributed by atoms with Gasteiger partial charge in [0.05, 0.1) is 6.04 Å². The number of nitrogens with zero attached hydrogens (tertiary/aromatic N) is 1. The van der Waals surface area contributed by atoms with Crippen molar-refractivity contribution in [1.82, 2.24) is 4.90 Å². The summed E-state index contributed by atoms with van der Waals surface area (Å²) in [6.07, 6.45) is 0. The lowest BCUT2D eigenvalue weighted by molar-refractivity contribution is -0.120. The summed E-state index contributed by atoms with van der Waals surface area (Å²) in [5.41, 5.74) is 2.94. The molecule has 0 aliphatic carbocycles. The average Bonchev–Trinajstić information content (AvgIpc) is 2.51. The molecule has 1 N–H and O–H groups in total. The first kappa shape index (κ1) is 16.5. The van der Waals surface area contributed by atoms with Gasteiger partial charge in [-0.25, -0.2) is 0 Å². The molecule has 0 spiro atoms. The summed E-state index contributed by atoms with van der Waals surface area (Å²) < 4.78 is 0. The van der Waals surface area contributed by atoms with Crippen molar-refractivity contribution in [2.75, 3.05) is 12.4 Å². The third kappa shape index (κ3) is 4.33. The van der Waals surface area contributed by atoms with Gasteiger partial charge in [-0.3, -0.25) is 9.69 Å². The minimum Gasteiger partial charge on any atom is -0.324 e. The van der Waals surface area contributed by atoms with Crippen LogP contribution in [-0.2, 0) is 11.3 Å². The summed E-state index contributed by atoms with van der Waals surface area (Å²) in [7, 11) is 1.95. The highest BCUT2D eigenvalue weighted by atomic mass is 35.5. The summed E-state index contributed by atoms with van der Waals surface area (Å²) >= 11 is 5.99. The second kappa shape index (κ2) is 7.43. The number of anilines is 1. The molecule has 0 aromatic heterocycles. The predicted molar refractivity (Wildman–Crippen MR) is 92.2 cm³/mol. The smallest absolute Gasteiger partial charge is 0.241 e. The number of rotatable bonds is 5. The molecule has 4 heteroatoms. The summed E-state index contributed by atoms with van der Waals surface area (Å²) in [4.78, 5) is 14.4. The van der Waals surface area contributed by atoms with E-state index in [0.717, 1.165) is 17.8 Å². The van der Waals surface area contributed by atoms with E-state index in [-0.39, 0.29) is 11.9 Å². The van der Waals surface area contributed by atoms with Crippen LogP contribution < -0.4 is 5.32 Å². The number of benzene rings is 2. The van der Waals surface area contributed by atoms with Crippen molar-refractivity contribution < 1.29 is 4.79 Å². The van der Waals surface area contributed by atoms with Crippen LogP contribution in [0.1, 0.15) is 18.1 Å². The molecule has 2 aromatic carbocycles. The lowest BCUT2D eigenvalue weighted by Gasteiger charge is -2.24. The van der Waals surface area contributed by atoms with Gasteiger partial charge >= 0.3 is 0 Å². The molecular formula is C18H21ClN2O. The van der Waals surface area contributed by atoms with E-state index in [4.69, 9.17) is 11.6 Å². The molecule has 22 heavy (non-hydrogen) atoms. The van der Waals surface area contributed by atoms with Crippen molar-refractivity contribution in [3.05, 3.63) is 64.7 Å². The molecule has 0 unspecified atom stereocenters. The summed E-state index contributed by atoms with van der Waals surface area (Å²) in [6.45, 7) is 4.58. The standard InChI is InChI=1S/C18H21ClN2O/c1-13-9-10-16(19)11-17(13)20-18(22)14(2)21(3)12-15-7-5-4-6-8-15/h4-11,14H,12H2,1-3H3,(H,20,22)/t14-/m0/s1. The molecule has 0 heterocycles. The molecule has 2 aromatic rings. The monoisotopic (exact) mass is 316 g/mol. The Morgan fingerprint density at radius 1 is 1.23 bits per heavy atom. The zero-order valence-corrected chi connectivity index (χ0v) is 13.9. The molecule has 116 valence electrons. The van der Waals surface area contributed by atoms with E-state index < -0.39 is 0 Å². The highest BCUT2D eigenvalue weighted by Crippen LogP contribution is 2.20. The van der Waals surface area contributed by atoms with Crippen LogP contribution in [0.2, 0.25) is 5.02 Å². The minimum absolute atomic E-state index is 0.0382. The van der Waals surface area contributed by atoms with Crippen molar-refractivity contribution in [3.63, 3.8) is 0 Å². The normalized spacial score (nSPS) is 12.2.